The molecule has 0 saturated carbocycles. The maximum atomic E-state index is 11.6. The van der Waals surface area contributed by atoms with E-state index < -0.39 is 11.8 Å². The van der Waals surface area contributed by atoms with E-state index in [0.717, 1.165) is 18.4 Å². The van der Waals surface area contributed by atoms with Crippen molar-refractivity contribution in [3.63, 3.8) is 0 Å². The third-order valence-corrected chi connectivity index (χ3v) is 3.76. The molecule has 0 fully saturated rings. The van der Waals surface area contributed by atoms with Crippen LogP contribution in [0.2, 0.25) is 0 Å². The molecule has 0 spiro atoms. The van der Waals surface area contributed by atoms with Gasteiger partial charge in [0, 0.05) is 29.2 Å². The summed E-state index contributed by atoms with van der Waals surface area (Å²) in [4.78, 5) is 35.5. The number of carboxylic acid groups (broad SMARTS) is 1. The predicted molar refractivity (Wildman–Crippen MR) is 72.5 cm³/mol. The number of hydrogen-bond acceptors (Lipinski definition) is 3. The van der Waals surface area contributed by atoms with E-state index in [1.165, 1.54) is 13.0 Å². The number of carboxylic acids is 1. The molecular weight excluding hydrogens is 314 g/mol. The molecule has 1 aromatic rings. The van der Waals surface area contributed by atoms with Crippen molar-refractivity contribution in [1.29, 1.82) is 0 Å². The number of anilines is 1. The largest absolute Gasteiger partial charge is 0.475 e. The van der Waals surface area contributed by atoms with Gasteiger partial charge in [0.15, 0.2) is 0 Å². The monoisotopic (exact) mass is 325 g/mol. The molecule has 19 heavy (non-hydrogen) atoms. The first kappa shape index (κ1) is 13.7. The summed E-state index contributed by atoms with van der Waals surface area (Å²) < 4.78 is 0.448. The van der Waals surface area contributed by atoms with Crippen LogP contribution in [0.15, 0.2) is 16.6 Å². The van der Waals surface area contributed by atoms with Crippen LogP contribution in [0.1, 0.15) is 29.3 Å². The van der Waals surface area contributed by atoms with Crippen LogP contribution >= 0.6 is 15.9 Å². The van der Waals surface area contributed by atoms with E-state index in [0.29, 0.717) is 16.7 Å². The van der Waals surface area contributed by atoms with Gasteiger partial charge in [-0.05, 0) is 30.5 Å². The summed E-state index contributed by atoms with van der Waals surface area (Å²) in [5.41, 5.74) is 1.64. The van der Waals surface area contributed by atoms with E-state index in [1.807, 2.05) is 0 Å². The number of fused-ring (bicyclic) bond motifs is 1. The molecule has 0 saturated heterocycles. The first-order chi connectivity index (χ1) is 8.91. The second kappa shape index (κ2) is 5.13. The van der Waals surface area contributed by atoms with Crippen molar-refractivity contribution in [2.75, 3.05) is 11.4 Å². The topological polar surface area (TPSA) is 74.7 Å². The maximum absolute atomic E-state index is 11.6. The lowest BCUT2D eigenvalue weighted by molar-refractivity contribution is -0.131. The predicted octanol–water partition coefficient (Wildman–Crippen LogP) is 2.02. The zero-order chi connectivity index (χ0) is 14.2. The average Bonchev–Trinajstić information content (AvgIpc) is 2.35. The molecule has 0 atom stereocenters. The van der Waals surface area contributed by atoms with Crippen molar-refractivity contribution in [2.45, 2.75) is 19.8 Å². The highest BCUT2D eigenvalue weighted by Gasteiger charge is 2.25. The normalized spacial score (nSPS) is 13.9. The lowest BCUT2D eigenvalue weighted by Crippen LogP contribution is -2.33. The minimum atomic E-state index is -1.51. The van der Waals surface area contributed by atoms with Gasteiger partial charge in [-0.3, -0.25) is 9.59 Å². The molecular formula is C13H12BrNO4. The molecule has 0 radical (unpaired) electrons. The first-order valence-corrected chi connectivity index (χ1v) is 6.59. The van der Waals surface area contributed by atoms with Gasteiger partial charge in [-0.25, -0.2) is 4.79 Å². The van der Waals surface area contributed by atoms with Gasteiger partial charge in [0.1, 0.15) is 0 Å². The number of hydrogen-bond donors (Lipinski definition) is 1. The fraction of sp³-hybridized carbons (Fsp3) is 0.308. The third kappa shape index (κ3) is 2.53. The number of carbonyl (C=O) groups is 3. The molecule has 0 aliphatic carbocycles. The number of amides is 1. The highest BCUT2D eigenvalue weighted by atomic mass is 79.9. The van der Waals surface area contributed by atoms with Crippen molar-refractivity contribution in [2.24, 2.45) is 0 Å². The van der Waals surface area contributed by atoms with Gasteiger partial charge in [-0.15, -0.1) is 0 Å². The Balaban J connectivity index is 2.56. The Morgan fingerprint density at radius 1 is 1.32 bits per heavy atom. The summed E-state index contributed by atoms with van der Waals surface area (Å²) in [6.45, 7) is 2.04. The number of rotatable bonds is 2. The molecule has 1 amide bonds. The Hall–Kier alpha value is -1.69. The molecule has 1 aliphatic heterocycles. The van der Waals surface area contributed by atoms with Crippen LogP contribution in [-0.4, -0.2) is 29.3 Å². The number of Topliss-reactive ketones (excluding diaryl/α,β-unsaturated/α-hetero) is 1. The molecule has 1 N–H and O–H groups in total. The number of halogens is 1. The minimum Gasteiger partial charge on any atom is -0.475 e. The molecule has 5 nitrogen and oxygen atoms in total. The Kier molecular flexibility index (Phi) is 3.71. The molecule has 1 aliphatic rings. The van der Waals surface area contributed by atoms with Crippen LogP contribution in [0.4, 0.5) is 5.69 Å². The minimum absolute atomic E-state index is 0.0689. The summed E-state index contributed by atoms with van der Waals surface area (Å²) in [5.74, 6) is -2.61. The molecule has 100 valence electrons. The van der Waals surface area contributed by atoms with Gasteiger partial charge in [0.2, 0.25) is 5.91 Å². The van der Waals surface area contributed by atoms with Crippen molar-refractivity contribution >= 4 is 39.3 Å². The standard InChI is InChI=1S/C13H12BrNO4/c1-7(16)15-4-2-3-8-5-10(14)9(6-11(8)15)12(17)13(18)19/h5-6H,2-4H2,1H3,(H,18,19). The fourth-order valence-corrected chi connectivity index (χ4v) is 2.79. The third-order valence-electron chi connectivity index (χ3n) is 3.11. The molecule has 2 rings (SSSR count). The molecule has 0 aromatic heterocycles. The van der Waals surface area contributed by atoms with Crippen LogP contribution in [-0.2, 0) is 16.0 Å². The maximum Gasteiger partial charge on any atom is 0.377 e. The second-order valence-electron chi connectivity index (χ2n) is 4.37. The number of aryl methyl sites for hydroxylation is 1. The summed E-state index contributed by atoms with van der Waals surface area (Å²) in [7, 11) is 0. The first-order valence-electron chi connectivity index (χ1n) is 5.80. The number of aliphatic carboxylic acids is 1. The van der Waals surface area contributed by atoms with Crippen LogP contribution in [0.25, 0.3) is 0 Å². The zero-order valence-corrected chi connectivity index (χ0v) is 11.9. The molecule has 1 heterocycles. The lowest BCUT2D eigenvalue weighted by atomic mass is 9.98. The van der Waals surface area contributed by atoms with Gasteiger partial charge < -0.3 is 10.0 Å². The average molecular weight is 326 g/mol. The van der Waals surface area contributed by atoms with Gasteiger partial charge in [0.05, 0.1) is 0 Å². The SMILES string of the molecule is CC(=O)N1CCCc2cc(Br)c(C(=O)C(=O)O)cc21. The van der Waals surface area contributed by atoms with Gasteiger partial charge in [-0.1, -0.05) is 15.9 Å². The van der Waals surface area contributed by atoms with Crippen LogP contribution in [0.5, 0.6) is 0 Å². The zero-order valence-electron chi connectivity index (χ0n) is 10.3. The Bertz CT molecular complexity index is 582. The molecule has 0 bridgehead atoms. The molecule has 1 aromatic carbocycles. The lowest BCUT2D eigenvalue weighted by Gasteiger charge is -2.29. The summed E-state index contributed by atoms with van der Waals surface area (Å²) >= 11 is 3.21. The molecule has 0 unspecified atom stereocenters. The van der Waals surface area contributed by atoms with E-state index in [4.69, 9.17) is 5.11 Å². The van der Waals surface area contributed by atoms with E-state index in [1.54, 1.807) is 11.0 Å². The van der Waals surface area contributed by atoms with Gasteiger partial charge in [-0.2, -0.15) is 0 Å². The van der Waals surface area contributed by atoms with Crippen molar-refractivity contribution in [3.8, 4) is 0 Å². The van der Waals surface area contributed by atoms with Crippen molar-refractivity contribution in [3.05, 3.63) is 27.7 Å². The van der Waals surface area contributed by atoms with Crippen LogP contribution in [0.3, 0.4) is 0 Å². The van der Waals surface area contributed by atoms with Crippen LogP contribution in [0, 0.1) is 0 Å². The number of nitrogens with zero attached hydrogens (tertiary/aromatic N) is 1. The highest BCUT2D eigenvalue weighted by Crippen LogP contribution is 2.32. The number of benzene rings is 1. The Labute approximate surface area is 118 Å². The molecule has 6 heteroatoms. The Morgan fingerprint density at radius 2 is 2.00 bits per heavy atom. The Morgan fingerprint density at radius 3 is 2.58 bits per heavy atom. The van der Waals surface area contributed by atoms with Crippen molar-refractivity contribution < 1.29 is 19.5 Å². The van der Waals surface area contributed by atoms with Crippen LogP contribution < -0.4 is 4.90 Å². The van der Waals surface area contributed by atoms with Gasteiger partial charge >= 0.3 is 5.97 Å². The van der Waals surface area contributed by atoms with E-state index in [2.05, 4.69) is 15.9 Å². The fourth-order valence-electron chi connectivity index (χ4n) is 2.22. The quantitative estimate of drug-likeness (QED) is 0.666. The summed E-state index contributed by atoms with van der Waals surface area (Å²) in [5, 5.41) is 8.79. The summed E-state index contributed by atoms with van der Waals surface area (Å²) in [6.07, 6.45) is 1.66. The van der Waals surface area contributed by atoms with E-state index >= 15 is 0 Å². The van der Waals surface area contributed by atoms with E-state index in [9.17, 15) is 14.4 Å². The highest BCUT2D eigenvalue weighted by molar-refractivity contribution is 9.10. The second-order valence-corrected chi connectivity index (χ2v) is 5.22. The van der Waals surface area contributed by atoms with Gasteiger partial charge in [0.25, 0.3) is 5.78 Å². The smallest absolute Gasteiger partial charge is 0.377 e. The number of ketones is 1. The van der Waals surface area contributed by atoms with Crippen molar-refractivity contribution in [1.82, 2.24) is 0 Å². The number of carbonyl (C=O) groups excluding carboxylic acids is 2. The van der Waals surface area contributed by atoms with E-state index in [-0.39, 0.29) is 11.5 Å². The summed E-state index contributed by atoms with van der Waals surface area (Å²) in [6, 6.07) is 3.21.